The van der Waals surface area contributed by atoms with Crippen LogP contribution in [0, 0.1) is 0 Å². The average molecular weight is 832 g/mol. The first kappa shape index (κ1) is 37.2. The first-order valence-corrected chi connectivity index (χ1v) is 22.3. The summed E-state index contributed by atoms with van der Waals surface area (Å²) in [7, 11) is 0. The summed E-state index contributed by atoms with van der Waals surface area (Å²) in [4.78, 5) is 2.45. The predicted octanol–water partition coefficient (Wildman–Crippen LogP) is 17.1. The maximum absolute atomic E-state index is 6.71. The van der Waals surface area contributed by atoms with Gasteiger partial charge in [0, 0.05) is 38.5 Å². The Hall–Kier alpha value is -8.40. The monoisotopic (exact) mass is 831 g/mol. The summed E-state index contributed by atoms with van der Waals surface area (Å²) in [6.07, 6.45) is 9.51. The lowest BCUT2D eigenvalue weighted by atomic mass is 9.67. The molecule has 9 aromatic carbocycles. The zero-order valence-corrected chi connectivity index (χ0v) is 35.5. The molecule has 3 nitrogen and oxygen atoms in total. The SMILES string of the molecule is C=C1/C=C\C=C/CC2(c3cc4oc5ccccc5c4cc31)c1ccccc1-c1cccc(N(c3ccc(-c4ccccc4)cc3)c3ccc(-c4cccc5c4oc4ccccc45)cc3)c12. The molecule has 0 aliphatic heterocycles. The van der Waals surface area contributed by atoms with Crippen molar-refractivity contribution in [1.82, 2.24) is 0 Å². The zero-order chi connectivity index (χ0) is 43.1. The Bertz CT molecular complexity index is 3750. The van der Waals surface area contributed by atoms with E-state index < -0.39 is 5.41 Å². The maximum atomic E-state index is 6.71. The molecule has 1 spiro atoms. The van der Waals surface area contributed by atoms with E-state index in [9.17, 15) is 0 Å². The number of nitrogens with zero attached hydrogens (tertiary/aromatic N) is 1. The highest BCUT2D eigenvalue weighted by atomic mass is 16.3. The van der Waals surface area contributed by atoms with Gasteiger partial charge in [-0.15, -0.1) is 0 Å². The molecule has 0 fully saturated rings. The molecule has 0 radical (unpaired) electrons. The Morgan fingerprint density at radius 1 is 0.431 bits per heavy atom. The van der Waals surface area contributed by atoms with Gasteiger partial charge in [0.15, 0.2) is 0 Å². The van der Waals surface area contributed by atoms with Gasteiger partial charge >= 0.3 is 0 Å². The third-order valence-electron chi connectivity index (χ3n) is 13.8. The van der Waals surface area contributed by atoms with Gasteiger partial charge in [0.1, 0.15) is 22.3 Å². The van der Waals surface area contributed by atoms with Crippen LogP contribution in [0.5, 0.6) is 0 Å². The highest BCUT2D eigenvalue weighted by Crippen LogP contribution is 2.60. The summed E-state index contributed by atoms with van der Waals surface area (Å²) < 4.78 is 13.2. The molecule has 0 N–H and O–H groups in total. The van der Waals surface area contributed by atoms with Crippen LogP contribution in [0.1, 0.15) is 28.7 Å². The van der Waals surface area contributed by atoms with Crippen LogP contribution in [0.25, 0.3) is 82.8 Å². The van der Waals surface area contributed by atoms with Crippen LogP contribution in [-0.4, -0.2) is 0 Å². The average Bonchev–Trinajstić information content (AvgIpc) is 4.04. The van der Waals surface area contributed by atoms with Crippen LogP contribution >= 0.6 is 0 Å². The van der Waals surface area contributed by atoms with Gasteiger partial charge in [0.05, 0.1) is 11.1 Å². The Kier molecular flexibility index (Phi) is 8.34. The topological polar surface area (TPSA) is 29.5 Å². The van der Waals surface area contributed by atoms with Crippen LogP contribution in [0.15, 0.2) is 240 Å². The van der Waals surface area contributed by atoms with E-state index in [1.54, 1.807) is 0 Å². The molecule has 306 valence electrons. The van der Waals surface area contributed by atoms with Crippen molar-refractivity contribution in [3.8, 4) is 33.4 Å². The van der Waals surface area contributed by atoms with E-state index >= 15 is 0 Å². The molecular formula is C62H41NO2. The fourth-order valence-corrected chi connectivity index (χ4v) is 10.8. The molecule has 2 heterocycles. The van der Waals surface area contributed by atoms with Crippen molar-refractivity contribution in [3.63, 3.8) is 0 Å². The highest BCUT2D eigenvalue weighted by molar-refractivity contribution is 6.10. The Balaban J connectivity index is 1.06. The van der Waals surface area contributed by atoms with E-state index in [2.05, 4.69) is 211 Å². The van der Waals surface area contributed by atoms with E-state index in [-0.39, 0.29) is 0 Å². The summed E-state index contributed by atoms with van der Waals surface area (Å²) in [6, 6.07) is 72.2. The fourth-order valence-electron chi connectivity index (χ4n) is 10.8. The van der Waals surface area contributed by atoms with Gasteiger partial charge in [0.25, 0.3) is 0 Å². The lowest BCUT2D eigenvalue weighted by Crippen LogP contribution is -2.30. The number of allylic oxidation sites excluding steroid dienone is 5. The van der Waals surface area contributed by atoms with E-state index in [0.717, 1.165) is 89.6 Å². The van der Waals surface area contributed by atoms with Crippen molar-refractivity contribution < 1.29 is 8.83 Å². The smallest absolute Gasteiger partial charge is 0.143 e. The van der Waals surface area contributed by atoms with Gasteiger partial charge in [-0.05, 0) is 117 Å². The summed E-state index contributed by atoms with van der Waals surface area (Å²) in [5.41, 5.74) is 18.9. The molecule has 65 heavy (non-hydrogen) atoms. The number of benzene rings is 9. The number of anilines is 3. The summed E-state index contributed by atoms with van der Waals surface area (Å²) in [6.45, 7) is 4.72. The largest absolute Gasteiger partial charge is 0.456 e. The van der Waals surface area contributed by atoms with E-state index in [0.29, 0.717) is 0 Å². The second-order valence-electron chi connectivity index (χ2n) is 17.2. The minimum Gasteiger partial charge on any atom is -0.456 e. The van der Waals surface area contributed by atoms with Crippen LogP contribution in [0.4, 0.5) is 17.1 Å². The molecule has 13 rings (SSSR count). The van der Waals surface area contributed by atoms with Crippen LogP contribution in [0.2, 0.25) is 0 Å². The normalized spacial score (nSPS) is 16.3. The molecule has 2 aliphatic rings. The van der Waals surface area contributed by atoms with Crippen molar-refractivity contribution in [1.29, 1.82) is 0 Å². The zero-order valence-electron chi connectivity index (χ0n) is 35.5. The van der Waals surface area contributed by atoms with Gasteiger partial charge in [-0.2, -0.15) is 0 Å². The van der Waals surface area contributed by atoms with E-state index in [1.165, 1.54) is 38.9 Å². The van der Waals surface area contributed by atoms with Crippen molar-refractivity contribution in [3.05, 3.63) is 253 Å². The highest BCUT2D eigenvalue weighted by Gasteiger charge is 2.48. The van der Waals surface area contributed by atoms with Gasteiger partial charge < -0.3 is 13.7 Å². The molecule has 3 heteroatoms. The molecule has 2 aliphatic carbocycles. The summed E-state index contributed by atoms with van der Waals surface area (Å²) in [5.74, 6) is 0. The molecular weight excluding hydrogens is 791 g/mol. The lowest BCUT2D eigenvalue weighted by Gasteiger charge is -2.38. The van der Waals surface area contributed by atoms with E-state index in [1.807, 2.05) is 18.2 Å². The number of rotatable bonds is 5. The molecule has 1 unspecified atom stereocenters. The lowest BCUT2D eigenvalue weighted by molar-refractivity contribution is 0.635. The minimum atomic E-state index is -0.615. The third kappa shape index (κ3) is 5.69. The van der Waals surface area contributed by atoms with Crippen molar-refractivity contribution in [2.45, 2.75) is 11.8 Å². The molecule has 1 atom stereocenters. The molecule has 11 aromatic rings. The van der Waals surface area contributed by atoms with Gasteiger partial charge in [0.2, 0.25) is 0 Å². The van der Waals surface area contributed by atoms with Gasteiger partial charge in [-0.25, -0.2) is 0 Å². The standard InChI is InChI=1S/C62H41NO2/c1-40-16-4-3-13-37-62(55-39-59-53(38-52(40)55)49-21-9-11-27-57(49)64-59)54-25-10-7-19-47(54)50-23-15-26-56(60(50)62)63(44-33-29-42(30-34-44)41-17-5-2-6-18-41)45-35-31-43(32-36-45)46-22-14-24-51-48-20-8-12-28-58(48)65-61(46)51/h2-36,38-39H,1,37H2/b13-3-,16-4-. The summed E-state index contributed by atoms with van der Waals surface area (Å²) >= 11 is 0. The van der Waals surface area contributed by atoms with Crippen LogP contribution in [0.3, 0.4) is 0 Å². The number of furan rings is 2. The molecule has 0 saturated heterocycles. The Labute approximate surface area is 377 Å². The van der Waals surface area contributed by atoms with E-state index in [4.69, 9.17) is 15.4 Å². The first-order chi connectivity index (χ1) is 32.1. The quantitative estimate of drug-likeness (QED) is 0.173. The Morgan fingerprint density at radius 3 is 1.85 bits per heavy atom. The van der Waals surface area contributed by atoms with Gasteiger partial charge in [-0.1, -0.05) is 176 Å². The van der Waals surface area contributed by atoms with Crippen LogP contribution in [-0.2, 0) is 5.41 Å². The predicted molar refractivity (Wildman–Crippen MR) is 270 cm³/mol. The number of para-hydroxylation sites is 3. The van der Waals surface area contributed by atoms with Crippen molar-refractivity contribution >= 4 is 66.5 Å². The third-order valence-corrected chi connectivity index (χ3v) is 13.8. The second-order valence-corrected chi connectivity index (χ2v) is 17.2. The molecule has 0 saturated carbocycles. The summed E-state index contributed by atoms with van der Waals surface area (Å²) in [5, 5.41) is 4.44. The van der Waals surface area contributed by atoms with Crippen molar-refractivity contribution in [2.24, 2.45) is 0 Å². The molecule has 2 aromatic heterocycles. The molecule has 0 amide bonds. The first-order valence-electron chi connectivity index (χ1n) is 22.3. The fraction of sp³-hybridized carbons (Fsp3) is 0.0323. The van der Waals surface area contributed by atoms with Gasteiger partial charge in [-0.3, -0.25) is 0 Å². The second kappa shape index (κ2) is 14.6. The number of hydrogen-bond acceptors (Lipinski definition) is 3. The van der Waals surface area contributed by atoms with Crippen molar-refractivity contribution in [2.75, 3.05) is 4.90 Å². The van der Waals surface area contributed by atoms with Crippen LogP contribution < -0.4 is 4.90 Å². The number of fused-ring (bicyclic) bond motifs is 13. The minimum absolute atomic E-state index is 0.615. The number of hydrogen-bond donors (Lipinski definition) is 0. The maximum Gasteiger partial charge on any atom is 0.143 e. The molecule has 0 bridgehead atoms. The Morgan fingerprint density at radius 2 is 1.05 bits per heavy atom.